The molecule has 0 spiro atoms. The largest absolute Gasteiger partial charge is 0.337 e. The maximum absolute atomic E-state index is 11.4. The standard InChI is InChI=1S/C2H2ClF2O3S/c3-2(4,5)1-9(6,7)8/h1H2. The minimum atomic E-state index is -4.91. The molecule has 0 unspecified atom stereocenters. The average molecular weight is 180 g/mol. The van der Waals surface area contributed by atoms with Gasteiger partial charge in [0.05, 0.1) is 0 Å². The highest BCUT2D eigenvalue weighted by atomic mass is 35.5. The highest BCUT2D eigenvalue weighted by Crippen LogP contribution is 2.20. The Labute approximate surface area is 55.4 Å². The Morgan fingerprint density at radius 1 is 1.44 bits per heavy atom. The van der Waals surface area contributed by atoms with E-state index in [4.69, 9.17) is 0 Å². The zero-order valence-electron chi connectivity index (χ0n) is 3.97. The van der Waals surface area contributed by atoms with E-state index in [9.17, 15) is 21.8 Å². The van der Waals surface area contributed by atoms with Crippen molar-refractivity contribution in [2.24, 2.45) is 0 Å². The Hall–Kier alpha value is 0.0600. The fourth-order valence-electron chi connectivity index (χ4n) is 0.200. The molecule has 0 aromatic heterocycles. The molecule has 0 saturated heterocycles. The Kier molecular flexibility index (Phi) is 2.37. The smallest absolute Gasteiger partial charge is 0.197 e. The predicted molar refractivity (Wildman–Crippen MR) is 25.3 cm³/mol. The second kappa shape index (κ2) is 2.36. The summed E-state index contributed by atoms with van der Waals surface area (Å²) >= 11 is 4.11. The molecule has 55 valence electrons. The first-order valence-corrected chi connectivity index (χ1v) is 3.66. The fourth-order valence-corrected chi connectivity index (χ4v) is 1.00. The molecule has 0 aliphatic rings. The summed E-state index contributed by atoms with van der Waals surface area (Å²) in [6, 6.07) is 0. The van der Waals surface area contributed by atoms with Crippen molar-refractivity contribution in [1.82, 2.24) is 0 Å². The highest BCUT2D eigenvalue weighted by Gasteiger charge is 2.32. The first kappa shape index (κ1) is 9.06. The van der Waals surface area contributed by atoms with Crippen LogP contribution in [-0.4, -0.2) is 19.6 Å². The molecule has 3 nitrogen and oxygen atoms in total. The monoisotopic (exact) mass is 179 g/mol. The molecular weight excluding hydrogens is 178 g/mol. The van der Waals surface area contributed by atoms with E-state index in [0.29, 0.717) is 0 Å². The SMILES string of the molecule is [O]S(=O)(=O)CC(F)(F)Cl. The van der Waals surface area contributed by atoms with Crippen molar-refractivity contribution in [3.63, 3.8) is 0 Å². The van der Waals surface area contributed by atoms with Crippen LogP contribution in [0.15, 0.2) is 0 Å². The lowest BCUT2D eigenvalue weighted by molar-refractivity contribution is 0.119. The lowest BCUT2D eigenvalue weighted by atomic mass is 10.8. The second-order valence-electron chi connectivity index (χ2n) is 1.32. The van der Waals surface area contributed by atoms with Gasteiger partial charge in [0, 0.05) is 0 Å². The third kappa shape index (κ3) is 8.06. The molecule has 0 saturated carbocycles. The summed E-state index contributed by atoms with van der Waals surface area (Å²) in [5, 5.41) is -3.94. The van der Waals surface area contributed by atoms with Gasteiger partial charge in [0.25, 0.3) is 0 Å². The lowest BCUT2D eigenvalue weighted by Crippen LogP contribution is -2.19. The van der Waals surface area contributed by atoms with Gasteiger partial charge in [-0.1, -0.05) is 4.55 Å². The van der Waals surface area contributed by atoms with Gasteiger partial charge in [-0.05, 0) is 11.6 Å². The highest BCUT2D eigenvalue weighted by molar-refractivity contribution is 7.85. The molecule has 0 bridgehead atoms. The van der Waals surface area contributed by atoms with Gasteiger partial charge >= 0.3 is 15.5 Å². The summed E-state index contributed by atoms with van der Waals surface area (Å²) in [6.45, 7) is 0. The quantitative estimate of drug-likeness (QED) is 0.583. The first-order chi connectivity index (χ1) is 3.71. The van der Waals surface area contributed by atoms with Crippen LogP contribution in [0.1, 0.15) is 0 Å². The van der Waals surface area contributed by atoms with Gasteiger partial charge in [-0.2, -0.15) is 17.2 Å². The minimum Gasteiger partial charge on any atom is -0.197 e. The molecule has 0 amide bonds. The molecular formula is C2H2ClF2O3S. The van der Waals surface area contributed by atoms with E-state index < -0.39 is 21.3 Å². The van der Waals surface area contributed by atoms with E-state index >= 15 is 0 Å². The van der Waals surface area contributed by atoms with Gasteiger partial charge in [0.1, 0.15) is 0 Å². The van der Waals surface area contributed by atoms with Gasteiger partial charge in [-0.15, -0.1) is 0 Å². The number of halogens is 3. The first-order valence-electron chi connectivity index (χ1n) is 1.71. The van der Waals surface area contributed by atoms with Crippen molar-refractivity contribution >= 4 is 21.7 Å². The van der Waals surface area contributed by atoms with E-state index in [-0.39, 0.29) is 0 Å². The van der Waals surface area contributed by atoms with Crippen molar-refractivity contribution in [3.05, 3.63) is 0 Å². The van der Waals surface area contributed by atoms with Gasteiger partial charge in [0.2, 0.25) is 0 Å². The predicted octanol–water partition coefficient (Wildman–Crippen LogP) is 0.578. The zero-order valence-corrected chi connectivity index (χ0v) is 5.55. The number of hydrogen-bond donors (Lipinski definition) is 0. The van der Waals surface area contributed by atoms with E-state index in [1.165, 1.54) is 0 Å². The normalized spacial score (nSPS) is 13.8. The van der Waals surface area contributed by atoms with E-state index in [0.717, 1.165) is 0 Å². The molecule has 0 N–H and O–H groups in total. The molecule has 1 radical (unpaired) electrons. The summed E-state index contributed by atoms with van der Waals surface area (Å²) < 4.78 is 51.4. The van der Waals surface area contributed by atoms with E-state index in [1.807, 2.05) is 0 Å². The van der Waals surface area contributed by atoms with Crippen LogP contribution in [0.5, 0.6) is 0 Å². The molecule has 0 heterocycles. The van der Waals surface area contributed by atoms with E-state index in [1.54, 1.807) is 0 Å². The van der Waals surface area contributed by atoms with Crippen LogP contribution in [0.2, 0.25) is 0 Å². The summed E-state index contributed by atoms with van der Waals surface area (Å²) in [5.41, 5.74) is 0. The van der Waals surface area contributed by atoms with Crippen molar-refractivity contribution in [2.45, 2.75) is 5.38 Å². The molecule has 7 heteroatoms. The second-order valence-corrected chi connectivity index (χ2v) is 3.27. The number of alkyl halides is 3. The molecule has 0 atom stereocenters. The summed E-state index contributed by atoms with van der Waals surface area (Å²) in [6.07, 6.45) is 0. The molecule has 0 aliphatic carbocycles. The average Bonchev–Trinajstić information content (AvgIpc) is 1.14. The molecule has 0 aromatic rings. The topological polar surface area (TPSA) is 54.0 Å². The third-order valence-electron chi connectivity index (χ3n) is 0.340. The third-order valence-corrected chi connectivity index (χ3v) is 1.35. The summed E-state index contributed by atoms with van der Waals surface area (Å²) in [4.78, 5) is 0. The molecule has 0 rings (SSSR count). The maximum atomic E-state index is 11.4. The summed E-state index contributed by atoms with van der Waals surface area (Å²) in [5.74, 6) is -1.86. The molecule has 0 fully saturated rings. The zero-order chi connectivity index (χ0) is 7.71. The molecule has 0 aromatic carbocycles. The van der Waals surface area contributed by atoms with Crippen LogP contribution >= 0.6 is 11.6 Å². The van der Waals surface area contributed by atoms with Crippen LogP contribution in [0, 0.1) is 0 Å². The van der Waals surface area contributed by atoms with Crippen molar-refractivity contribution in [3.8, 4) is 0 Å². The Morgan fingerprint density at radius 3 is 1.78 bits per heavy atom. The van der Waals surface area contributed by atoms with Crippen molar-refractivity contribution in [2.75, 3.05) is 5.75 Å². The van der Waals surface area contributed by atoms with Crippen LogP contribution in [-0.2, 0) is 14.7 Å². The van der Waals surface area contributed by atoms with Gasteiger partial charge in [-0.3, -0.25) is 0 Å². The van der Waals surface area contributed by atoms with Crippen molar-refractivity contribution in [1.29, 1.82) is 0 Å². The Morgan fingerprint density at radius 2 is 1.78 bits per heavy atom. The van der Waals surface area contributed by atoms with Gasteiger partial charge in [0.15, 0.2) is 5.75 Å². The lowest BCUT2D eigenvalue weighted by Gasteiger charge is -2.01. The van der Waals surface area contributed by atoms with Crippen molar-refractivity contribution < 1.29 is 21.8 Å². The molecule has 0 aliphatic heterocycles. The van der Waals surface area contributed by atoms with Gasteiger partial charge in [-0.25, -0.2) is 0 Å². The van der Waals surface area contributed by atoms with Crippen LogP contribution < -0.4 is 0 Å². The van der Waals surface area contributed by atoms with E-state index in [2.05, 4.69) is 11.6 Å². The number of rotatable bonds is 2. The Balaban J connectivity index is 4.07. The number of hydrogen-bond acceptors (Lipinski definition) is 2. The molecule has 9 heavy (non-hydrogen) atoms. The van der Waals surface area contributed by atoms with Crippen LogP contribution in [0.3, 0.4) is 0 Å². The van der Waals surface area contributed by atoms with Crippen LogP contribution in [0.4, 0.5) is 8.78 Å². The Bertz CT molecular complexity index is 180. The fraction of sp³-hybridized carbons (Fsp3) is 1.00. The van der Waals surface area contributed by atoms with Gasteiger partial charge < -0.3 is 0 Å². The summed E-state index contributed by atoms with van der Waals surface area (Å²) in [7, 11) is -4.91. The maximum Gasteiger partial charge on any atom is 0.337 e. The van der Waals surface area contributed by atoms with Crippen LogP contribution in [0.25, 0.3) is 0 Å². The minimum absolute atomic E-state index is 1.86.